The van der Waals surface area contributed by atoms with Crippen LogP contribution in [0.25, 0.3) is 0 Å². The highest BCUT2D eigenvalue weighted by molar-refractivity contribution is 5.26. The zero-order valence-electron chi connectivity index (χ0n) is 7.51. The molecule has 6 heteroatoms. The lowest BCUT2D eigenvalue weighted by Gasteiger charge is -2.08. The van der Waals surface area contributed by atoms with E-state index in [0.717, 1.165) is 6.07 Å². The van der Waals surface area contributed by atoms with Crippen molar-refractivity contribution in [3.05, 3.63) is 27.5 Å². The van der Waals surface area contributed by atoms with Gasteiger partial charge in [0.15, 0.2) is 11.3 Å². The lowest BCUT2D eigenvalue weighted by atomic mass is 10.2. The number of nitrogens with one attached hydrogen (secondary N) is 1. The lowest BCUT2D eigenvalue weighted by molar-refractivity contribution is 0.148. The smallest absolute Gasteiger partial charge is 0.269 e. The monoisotopic (exact) mass is 204 g/mol. The average molecular weight is 204 g/mol. The molecule has 1 rings (SSSR count). The van der Waals surface area contributed by atoms with Crippen LogP contribution in [0.5, 0.6) is 5.88 Å². The van der Waals surface area contributed by atoms with E-state index in [0.29, 0.717) is 0 Å². The van der Waals surface area contributed by atoms with Gasteiger partial charge in [-0.3, -0.25) is 4.79 Å². The first-order valence-corrected chi connectivity index (χ1v) is 3.88. The van der Waals surface area contributed by atoms with Crippen molar-refractivity contribution in [2.75, 3.05) is 7.11 Å². The summed E-state index contributed by atoms with van der Waals surface area (Å²) in [7, 11) is 1.33. The summed E-state index contributed by atoms with van der Waals surface area (Å²) < 4.78 is 29.5. The number of halogens is 2. The van der Waals surface area contributed by atoms with E-state index in [1.807, 2.05) is 0 Å². The van der Waals surface area contributed by atoms with Gasteiger partial charge in [-0.05, 0) is 0 Å². The number of pyridine rings is 1. The van der Waals surface area contributed by atoms with E-state index < -0.39 is 17.4 Å². The van der Waals surface area contributed by atoms with Gasteiger partial charge in [-0.25, -0.2) is 8.78 Å². The minimum atomic E-state index is -2.83. The maximum Gasteiger partial charge on any atom is 0.269 e. The van der Waals surface area contributed by atoms with Gasteiger partial charge in [0.05, 0.1) is 12.7 Å². The van der Waals surface area contributed by atoms with Crippen molar-refractivity contribution < 1.29 is 13.5 Å². The fourth-order valence-corrected chi connectivity index (χ4v) is 1.11. The third-order valence-electron chi connectivity index (χ3n) is 1.77. The molecule has 0 saturated carbocycles. The molecule has 4 nitrogen and oxygen atoms in total. The van der Waals surface area contributed by atoms with Crippen molar-refractivity contribution in [2.24, 2.45) is 5.73 Å². The molecule has 78 valence electrons. The topological polar surface area (TPSA) is 68.1 Å². The van der Waals surface area contributed by atoms with Crippen LogP contribution in [-0.4, -0.2) is 12.1 Å². The predicted octanol–water partition coefficient (Wildman–Crippen LogP) is 0.780. The van der Waals surface area contributed by atoms with Crippen molar-refractivity contribution in [1.82, 2.24) is 4.98 Å². The summed E-state index contributed by atoms with van der Waals surface area (Å²) >= 11 is 0. The van der Waals surface area contributed by atoms with Gasteiger partial charge in [-0.15, -0.1) is 0 Å². The van der Waals surface area contributed by atoms with Gasteiger partial charge >= 0.3 is 0 Å². The summed E-state index contributed by atoms with van der Waals surface area (Å²) in [6, 6.07) is 0.973. The zero-order valence-corrected chi connectivity index (χ0v) is 7.51. The van der Waals surface area contributed by atoms with Crippen LogP contribution in [0.15, 0.2) is 10.9 Å². The van der Waals surface area contributed by atoms with E-state index in [1.54, 1.807) is 0 Å². The van der Waals surface area contributed by atoms with Crippen LogP contribution in [0.3, 0.4) is 0 Å². The second-order valence-corrected chi connectivity index (χ2v) is 2.60. The van der Waals surface area contributed by atoms with Crippen molar-refractivity contribution in [2.45, 2.75) is 13.0 Å². The number of ether oxygens (including phenoxy) is 1. The molecule has 0 atom stereocenters. The van der Waals surface area contributed by atoms with Gasteiger partial charge in [0, 0.05) is 18.3 Å². The summed E-state index contributed by atoms with van der Waals surface area (Å²) in [5.41, 5.74) is 3.87. The molecule has 0 fully saturated rings. The van der Waals surface area contributed by atoms with Crippen LogP contribution in [0.4, 0.5) is 8.78 Å². The molecule has 1 heterocycles. The SMILES string of the molecule is COc1cc(=O)c(C(F)F)c(CN)[nH]1. The highest BCUT2D eigenvalue weighted by Gasteiger charge is 2.17. The summed E-state index contributed by atoms with van der Waals surface area (Å²) in [5.74, 6) is 0.125. The first kappa shape index (κ1) is 10.6. The Morgan fingerprint density at radius 3 is 2.71 bits per heavy atom. The predicted molar refractivity (Wildman–Crippen MR) is 46.5 cm³/mol. The zero-order chi connectivity index (χ0) is 10.7. The molecular weight excluding hydrogens is 194 g/mol. The molecular formula is C8H10F2N2O2. The summed E-state index contributed by atoms with van der Waals surface area (Å²) in [4.78, 5) is 13.7. The van der Waals surface area contributed by atoms with Gasteiger partial charge in [-0.2, -0.15) is 0 Å². The number of nitrogens with two attached hydrogens (primary N) is 1. The van der Waals surface area contributed by atoms with Crippen molar-refractivity contribution >= 4 is 0 Å². The van der Waals surface area contributed by atoms with Crippen LogP contribution in [0, 0.1) is 0 Å². The number of hydrogen-bond donors (Lipinski definition) is 2. The number of hydrogen-bond acceptors (Lipinski definition) is 3. The third kappa shape index (κ3) is 1.90. The molecule has 0 unspecified atom stereocenters. The molecule has 0 spiro atoms. The van der Waals surface area contributed by atoms with E-state index in [2.05, 4.69) is 4.98 Å². The van der Waals surface area contributed by atoms with E-state index in [9.17, 15) is 13.6 Å². The molecule has 1 aromatic rings. The van der Waals surface area contributed by atoms with Crippen LogP contribution in [0.2, 0.25) is 0 Å². The molecule has 0 bridgehead atoms. The van der Waals surface area contributed by atoms with Crippen molar-refractivity contribution in [3.8, 4) is 5.88 Å². The Labute approximate surface area is 78.7 Å². The first-order valence-electron chi connectivity index (χ1n) is 3.88. The van der Waals surface area contributed by atoms with Crippen LogP contribution >= 0.6 is 0 Å². The van der Waals surface area contributed by atoms with Gasteiger partial charge in [-0.1, -0.05) is 0 Å². The maximum absolute atomic E-state index is 12.4. The Morgan fingerprint density at radius 1 is 1.64 bits per heavy atom. The average Bonchev–Trinajstić information content (AvgIpc) is 2.15. The molecule has 0 saturated heterocycles. The van der Waals surface area contributed by atoms with Crippen LogP contribution in [0.1, 0.15) is 17.7 Å². The number of rotatable bonds is 3. The molecule has 0 amide bonds. The number of alkyl halides is 2. The fourth-order valence-electron chi connectivity index (χ4n) is 1.11. The fraction of sp³-hybridized carbons (Fsp3) is 0.375. The molecule has 3 N–H and O–H groups in total. The summed E-state index contributed by atoms with van der Waals surface area (Å²) in [6.07, 6.45) is -2.83. The van der Waals surface area contributed by atoms with Gasteiger partial charge in [0.25, 0.3) is 6.43 Å². The quantitative estimate of drug-likeness (QED) is 0.764. The Hall–Kier alpha value is -1.43. The normalized spacial score (nSPS) is 10.6. The Kier molecular flexibility index (Phi) is 3.19. The van der Waals surface area contributed by atoms with E-state index >= 15 is 0 Å². The molecule has 0 radical (unpaired) electrons. The second-order valence-electron chi connectivity index (χ2n) is 2.60. The summed E-state index contributed by atoms with van der Waals surface area (Å²) in [5, 5.41) is 0. The Bertz CT molecular complexity index is 376. The van der Waals surface area contributed by atoms with E-state index in [1.165, 1.54) is 7.11 Å². The highest BCUT2D eigenvalue weighted by Crippen LogP contribution is 2.19. The van der Waals surface area contributed by atoms with Gasteiger partial charge in [0.2, 0.25) is 0 Å². The van der Waals surface area contributed by atoms with Crippen LogP contribution in [-0.2, 0) is 6.54 Å². The Balaban J connectivity index is 3.35. The number of aromatic nitrogens is 1. The molecule has 14 heavy (non-hydrogen) atoms. The second kappa shape index (κ2) is 4.19. The molecule has 1 aromatic heterocycles. The van der Waals surface area contributed by atoms with Crippen molar-refractivity contribution in [3.63, 3.8) is 0 Å². The molecule has 0 aliphatic carbocycles. The minimum absolute atomic E-state index is 0.00403. The third-order valence-corrected chi connectivity index (χ3v) is 1.77. The largest absolute Gasteiger partial charge is 0.482 e. The van der Waals surface area contributed by atoms with E-state index in [4.69, 9.17) is 10.5 Å². The maximum atomic E-state index is 12.4. The minimum Gasteiger partial charge on any atom is -0.482 e. The van der Waals surface area contributed by atoms with Crippen molar-refractivity contribution in [1.29, 1.82) is 0 Å². The number of methoxy groups -OCH3 is 1. The number of aromatic amines is 1. The summed E-state index contributed by atoms with van der Waals surface area (Å²) in [6.45, 7) is -0.161. The highest BCUT2D eigenvalue weighted by atomic mass is 19.3. The molecule has 0 aromatic carbocycles. The van der Waals surface area contributed by atoms with Gasteiger partial charge in [0.1, 0.15) is 0 Å². The van der Waals surface area contributed by atoms with E-state index in [-0.39, 0.29) is 18.1 Å². The Morgan fingerprint density at radius 2 is 2.29 bits per heavy atom. The van der Waals surface area contributed by atoms with Gasteiger partial charge < -0.3 is 15.5 Å². The molecule has 0 aliphatic heterocycles. The standard InChI is InChI=1S/C8H10F2N2O2/c1-14-6-2-5(13)7(8(9)10)4(3-11)12-6/h2,8H,3,11H2,1H3,(H,12,13). The molecule has 0 aliphatic rings. The lowest BCUT2D eigenvalue weighted by Crippen LogP contribution is -2.17. The first-order chi connectivity index (χ1) is 6.60. The van der Waals surface area contributed by atoms with Crippen LogP contribution < -0.4 is 15.9 Å². The number of H-pyrrole nitrogens is 1.